The number of nitrogens with one attached hydrogen (secondary N) is 1. The van der Waals surface area contributed by atoms with Crippen LogP contribution < -0.4 is 11.1 Å². The van der Waals surface area contributed by atoms with E-state index in [-0.39, 0.29) is 30.4 Å². The number of benzene rings is 1. The van der Waals surface area contributed by atoms with E-state index in [1.54, 1.807) is 16.0 Å². The minimum atomic E-state index is -0.0592. The van der Waals surface area contributed by atoms with Gasteiger partial charge in [0.15, 0.2) is 0 Å². The van der Waals surface area contributed by atoms with Gasteiger partial charge in [-0.25, -0.2) is 4.68 Å². The fraction of sp³-hybridized carbons (Fsp3) is 0.300. The topological polar surface area (TPSA) is 72.9 Å². The summed E-state index contributed by atoms with van der Waals surface area (Å²) >= 11 is 1.59. The summed E-state index contributed by atoms with van der Waals surface area (Å²) < 4.78 is 1.78. The average Bonchev–Trinajstić information content (AvgIpc) is 3.34. The van der Waals surface area contributed by atoms with Gasteiger partial charge in [0.05, 0.1) is 16.1 Å². The van der Waals surface area contributed by atoms with Crippen molar-refractivity contribution in [2.24, 2.45) is 5.73 Å². The van der Waals surface area contributed by atoms with Crippen LogP contribution in [0, 0.1) is 0 Å². The molecule has 0 radical (unpaired) electrons. The summed E-state index contributed by atoms with van der Waals surface area (Å²) in [6.45, 7) is 0. The van der Waals surface area contributed by atoms with Crippen LogP contribution in [0.15, 0.2) is 54.0 Å². The summed E-state index contributed by atoms with van der Waals surface area (Å²) in [6, 6.07) is 14.3. The van der Waals surface area contributed by atoms with Crippen molar-refractivity contribution in [2.45, 2.75) is 37.8 Å². The number of rotatable bonds is 4. The molecule has 0 spiro atoms. The molecular weight excluding hydrogens is 380 g/mol. The molecule has 0 bridgehead atoms. The highest BCUT2D eigenvalue weighted by atomic mass is 35.5. The fourth-order valence-electron chi connectivity index (χ4n) is 3.38. The zero-order valence-electron chi connectivity index (χ0n) is 14.9. The summed E-state index contributed by atoms with van der Waals surface area (Å²) in [4.78, 5) is 14.0. The van der Waals surface area contributed by atoms with Gasteiger partial charge in [-0.3, -0.25) is 4.79 Å². The largest absolute Gasteiger partial charge is 0.349 e. The smallest absolute Gasteiger partial charge is 0.255 e. The number of amides is 1. The summed E-state index contributed by atoms with van der Waals surface area (Å²) in [5, 5.41) is 9.88. The molecule has 7 heteroatoms. The Morgan fingerprint density at radius 1 is 1.11 bits per heavy atom. The minimum Gasteiger partial charge on any atom is -0.349 e. The molecule has 3 aromatic rings. The number of aromatic nitrogens is 2. The first-order chi connectivity index (χ1) is 12.7. The highest BCUT2D eigenvalue weighted by Gasteiger charge is 2.24. The second-order valence-corrected chi connectivity index (χ2v) is 7.68. The lowest BCUT2D eigenvalue weighted by molar-refractivity contribution is 0.0926. The predicted molar refractivity (Wildman–Crippen MR) is 112 cm³/mol. The van der Waals surface area contributed by atoms with Gasteiger partial charge in [0.2, 0.25) is 0 Å². The first-order valence-corrected chi connectivity index (χ1v) is 9.84. The number of nitrogens with zero attached hydrogens (tertiary/aromatic N) is 2. The molecule has 1 amide bonds. The second kappa shape index (κ2) is 8.69. The van der Waals surface area contributed by atoms with Crippen LogP contribution in [0.5, 0.6) is 0 Å². The Bertz CT molecular complexity index is 871. The molecule has 1 saturated carbocycles. The minimum absolute atomic E-state index is 0. The third kappa shape index (κ3) is 4.40. The van der Waals surface area contributed by atoms with E-state index in [1.165, 1.54) is 0 Å². The highest BCUT2D eigenvalue weighted by molar-refractivity contribution is 7.13. The third-order valence-corrected chi connectivity index (χ3v) is 5.72. The van der Waals surface area contributed by atoms with E-state index >= 15 is 0 Å². The zero-order valence-corrected chi connectivity index (χ0v) is 16.5. The number of nitrogens with two attached hydrogens (primary N) is 1. The van der Waals surface area contributed by atoms with E-state index in [0.29, 0.717) is 5.56 Å². The number of carbonyl (C=O) groups excluding carboxylic acids is 1. The Kier molecular flexibility index (Phi) is 6.31. The van der Waals surface area contributed by atoms with Crippen LogP contribution >= 0.6 is 23.7 Å². The maximum Gasteiger partial charge on any atom is 0.255 e. The monoisotopic (exact) mass is 402 g/mol. The van der Waals surface area contributed by atoms with Crippen LogP contribution in [-0.4, -0.2) is 27.8 Å². The number of para-hydroxylation sites is 1. The fourth-order valence-corrected chi connectivity index (χ4v) is 4.10. The van der Waals surface area contributed by atoms with Crippen LogP contribution in [-0.2, 0) is 0 Å². The maximum atomic E-state index is 13.0. The Hall–Kier alpha value is -2.15. The van der Waals surface area contributed by atoms with E-state index in [2.05, 4.69) is 5.32 Å². The molecule has 2 heterocycles. The van der Waals surface area contributed by atoms with Crippen molar-refractivity contribution in [1.82, 2.24) is 15.1 Å². The van der Waals surface area contributed by atoms with E-state index in [1.807, 2.05) is 54.0 Å². The number of hydrogen-bond donors (Lipinski definition) is 2. The third-order valence-electron chi connectivity index (χ3n) is 4.84. The van der Waals surface area contributed by atoms with Crippen molar-refractivity contribution in [3.05, 3.63) is 59.6 Å². The van der Waals surface area contributed by atoms with Crippen molar-refractivity contribution < 1.29 is 4.79 Å². The molecule has 27 heavy (non-hydrogen) atoms. The van der Waals surface area contributed by atoms with Gasteiger partial charge < -0.3 is 11.1 Å². The van der Waals surface area contributed by atoms with E-state index in [4.69, 9.17) is 10.8 Å². The SMILES string of the molecule is Cl.NC1CCC(NC(=O)c2cn(-c3ccccc3)nc2-c2cccs2)CC1. The Balaban J connectivity index is 0.00000210. The maximum absolute atomic E-state index is 13.0. The molecule has 2 aromatic heterocycles. The molecule has 0 unspecified atom stereocenters. The summed E-state index contributed by atoms with van der Waals surface area (Å²) in [7, 11) is 0. The van der Waals surface area contributed by atoms with Crippen molar-refractivity contribution in [1.29, 1.82) is 0 Å². The van der Waals surface area contributed by atoms with Crippen molar-refractivity contribution in [2.75, 3.05) is 0 Å². The van der Waals surface area contributed by atoms with Gasteiger partial charge in [-0.05, 0) is 49.3 Å². The van der Waals surface area contributed by atoms with Gasteiger partial charge in [-0.15, -0.1) is 23.7 Å². The normalized spacial score (nSPS) is 19.3. The molecule has 1 fully saturated rings. The quantitative estimate of drug-likeness (QED) is 0.692. The Morgan fingerprint density at radius 2 is 1.85 bits per heavy atom. The predicted octanol–water partition coefficient (Wildman–Crippen LogP) is 4.02. The van der Waals surface area contributed by atoms with Gasteiger partial charge >= 0.3 is 0 Å². The van der Waals surface area contributed by atoms with E-state index in [9.17, 15) is 4.79 Å². The van der Waals surface area contributed by atoms with Gasteiger partial charge in [0.25, 0.3) is 5.91 Å². The first kappa shape index (κ1) is 19.6. The molecule has 1 aromatic carbocycles. The van der Waals surface area contributed by atoms with Crippen molar-refractivity contribution in [3.63, 3.8) is 0 Å². The molecule has 0 aliphatic heterocycles. The van der Waals surface area contributed by atoms with E-state index < -0.39 is 0 Å². The number of thiophene rings is 1. The molecule has 0 saturated heterocycles. The van der Waals surface area contributed by atoms with Crippen LogP contribution in [0.2, 0.25) is 0 Å². The van der Waals surface area contributed by atoms with Gasteiger partial charge in [-0.2, -0.15) is 5.10 Å². The zero-order chi connectivity index (χ0) is 17.9. The molecule has 3 N–H and O–H groups in total. The summed E-state index contributed by atoms with van der Waals surface area (Å²) in [5.74, 6) is -0.0592. The molecule has 4 rings (SSSR count). The highest BCUT2D eigenvalue weighted by Crippen LogP contribution is 2.28. The lowest BCUT2D eigenvalue weighted by Gasteiger charge is -2.26. The first-order valence-electron chi connectivity index (χ1n) is 8.96. The average molecular weight is 403 g/mol. The molecule has 142 valence electrons. The van der Waals surface area contributed by atoms with Crippen LogP contribution in [0.3, 0.4) is 0 Å². The molecular formula is C20H23ClN4OS. The summed E-state index contributed by atoms with van der Waals surface area (Å²) in [6.07, 6.45) is 5.63. The lowest BCUT2D eigenvalue weighted by atomic mass is 9.91. The molecule has 5 nitrogen and oxygen atoms in total. The van der Waals surface area contributed by atoms with E-state index in [0.717, 1.165) is 41.9 Å². The molecule has 0 atom stereocenters. The van der Waals surface area contributed by atoms with Gasteiger partial charge in [0.1, 0.15) is 5.69 Å². The van der Waals surface area contributed by atoms with Crippen LogP contribution in [0.1, 0.15) is 36.0 Å². The number of hydrogen-bond acceptors (Lipinski definition) is 4. The van der Waals surface area contributed by atoms with Crippen LogP contribution in [0.4, 0.5) is 0 Å². The van der Waals surface area contributed by atoms with Crippen LogP contribution in [0.25, 0.3) is 16.3 Å². The second-order valence-electron chi connectivity index (χ2n) is 6.73. The van der Waals surface area contributed by atoms with Crippen molar-refractivity contribution >= 4 is 29.7 Å². The molecule has 1 aliphatic rings. The lowest BCUT2D eigenvalue weighted by Crippen LogP contribution is -2.40. The van der Waals surface area contributed by atoms with Crippen molar-refractivity contribution in [3.8, 4) is 16.3 Å². The molecule has 1 aliphatic carbocycles. The van der Waals surface area contributed by atoms with Gasteiger partial charge in [-0.1, -0.05) is 24.3 Å². The Morgan fingerprint density at radius 3 is 2.52 bits per heavy atom. The Labute approximate surface area is 169 Å². The van der Waals surface area contributed by atoms with Gasteiger partial charge in [0, 0.05) is 18.3 Å². The summed E-state index contributed by atoms with van der Waals surface area (Å²) in [5.41, 5.74) is 8.26. The number of halogens is 1. The number of carbonyl (C=O) groups is 1. The standard InChI is InChI=1S/C20H22N4OS.ClH/c21-14-8-10-15(11-9-14)22-20(25)17-13-24(16-5-2-1-3-6-16)23-19(17)18-7-4-12-26-18;/h1-7,12-15H,8-11,21H2,(H,22,25);1H.